The summed E-state index contributed by atoms with van der Waals surface area (Å²) in [5, 5.41) is 9.25. The fourth-order valence-corrected chi connectivity index (χ4v) is 2.88. The molecule has 1 atom stereocenters. The molecule has 2 aromatic rings. The van der Waals surface area contributed by atoms with Gasteiger partial charge in [-0.15, -0.1) is 11.8 Å². The summed E-state index contributed by atoms with van der Waals surface area (Å²) in [6, 6.07) is 7.99. The molecular weight excluding hydrogens is 242 g/mol. The fourth-order valence-electron chi connectivity index (χ4n) is 1.72. The van der Waals surface area contributed by atoms with Crippen molar-refractivity contribution in [2.75, 3.05) is 0 Å². The number of thioether (sulfide) groups is 1. The zero-order valence-electron chi connectivity index (χ0n) is 10.6. The molecule has 2 rings (SSSR count). The monoisotopic (exact) mass is 259 g/mol. The van der Waals surface area contributed by atoms with Gasteiger partial charge in [0.05, 0.1) is 5.52 Å². The molecule has 1 aromatic heterocycles. The van der Waals surface area contributed by atoms with Crippen molar-refractivity contribution >= 4 is 28.5 Å². The van der Waals surface area contributed by atoms with Gasteiger partial charge >= 0.3 is 0 Å². The number of rotatable bonds is 4. The van der Waals surface area contributed by atoms with Gasteiger partial charge in [-0.3, -0.25) is 10.4 Å². The summed E-state index contributed by atoms with van der Waals surface area (Å²) in [5.74, 6) is 0.0825. The lowest BCUT2D eigenvalue weighted by atomic mass is 10.1. The number of fused-ring (bicyclic) bond motifs is 1. The van der Waals surface area contributed by atoms with Gasteiger partial charge < -0.3 is 5.73 Å². The number of aromatic nitrogens is 1. The molecule has 3 nitrogen and oxygen atoms in total. The van der Waals surface area contributed by atoms with Crippen molar-refractivity contribution in [3.63, 3.8) is 0 Å². The first-order valence-corrected chi connectivity index (χ1v) is 6.90. The van der Waals surface area contributed by atoms with Crippen molar-refractivity contribution in [2.45, 2.75) is 30.4 Å². The number of pyridine rings is 1. The smallest absolute Gasteiger partial charge is 0.125 e. The Hall–Kier alpha value is -1.55. The van der Waals surface area contributed by atoms with Gasteiger partial charge in [0.15, 0.2) is 0 Å². The molecule has 0 aliphatic heterocycles. The summed E-state index contributed by atoms with van der Waals surface area (Å²) in [5.41, 5.74) is 7.34. The molecule has 0 saturated heterocycles. The van der Waals surface area contributed by atoms with Crippen LogP contribution in [0.3, 0.4) is 0 Å². The van der Waals surface area contributed by atoms with Crippen LogP contribution in [0.1, 0.15) is 25.8 Å². The molecule has 94 valence electrons. The lowest BCUT2D eigenvalue weighted by Crippen LogP contribution is -2.13. The molecule has 1 unspecified atom stereocenters. The molecule has 0 fully saturated rings. The first-order chi connectivity index (χ1) is 8.63. The number of hydrogen-bond acceptors (Lipinski definition) is 3. The summed E-state index contributed by atoms with van der Waals surface area (Å²) in [7, 11) is 0. The zero-order valence-corrected chi connectivity index (χ0v) is 11.4. The lowest BCUT2D eigenvalue weighted by Gasteiger charge is -2.14. The van der Waals surface area contributed by atoms with Crippen LogP contribution >= 0.6 is 11.8 Å². The fraction of sp³-hybridized carbons (Fsp3) is 0.286. The minimum atomic E-state index is 0.0825. The highest BCUT2D eigenvalue weighted by Gasteiger charge is 2.13. The maximum absolute atomic E-state index is 7.68. The Morgan fingerprint density at radius 1 is 1.44 bits per heavy atom. The number of nitrogens with one attached hydrogen (secondary N) is 1. The van der Waals surface area contributed by atoms with Crippen LogP contribution in [0, 0.1) is 5.41 Å². The quantitative estimate of drug-likeness (QED) is 0.502. The van der Waals surface area contributed by atoms with Crippen molar-refractivity contribution < 1.29 is 0 Å². The maximum atomic E-state index is 7.68. The van der Waals surface area contributed by atoms with Gasteiger partial charge in [0.25, 0.3) is 0 Å². The van der Waals surface area contributed by atoms with E-state index in [4.69, 9.17) is 11.1 Å². The van der Waals surface area contributed by atoms with Crippen molar-refractivity contribution in [3.8, 4) is 0 Å². The standard InChI is InChI=1S/C14H17N3S/c1-3-9(2)18-13-10-6-4-5-7-12(10)17-8-11(13)14(15)16/h4-9H,3H2,1-2H3,(H3,15,16). The summed E-state index contributed by atoms with van der Waals surface area (Å²) in [4.78, 5) is 5.43. The second kappa shape index (κ2) is 5.40. The van der Waals surface area contributed by atoms with Gasteiger partial charge in [-0.2, -0.15) is 0 Å². The predicted octanol–water partition coefficient (Wildman–Crippen LogP) is 3.41. The Morgan fingerprint density at radius 3 is 2.83 bits per heavy atom. The highest BCUT2D eigenvalue weighted by Crippen LogP contribution is 2.33. The summed E-state index contributed by atoms with van der Waals surface area (Å²) in [6.45, 7) is 4.35. The van der Waals surface area contributed by atoms with Gasteiger partial charge in [-0.1, -0.05) is 32.0 Å². The van der Waals surface area contributed by atoms with E-state index in [2.05, 4.69) is 18.8 Å². The Kier molecular flexibility index (Phi) is 3.87. The third kappa shape index (κ3) is 2.48. The zero-order chi connectivity index (χ0) is 13.1. The molecule has 0 bridgehead atoms. The Labute approximate surface area is 111 Å². The molecule has 0 aliphatic rings. The van der Waals surface area contributed by atoms with Crippen molar-refractivity contribution in [1.82, 2.24) is 4.98 Å². The Balaban J connectivity index is 2.62. The molecular formula is C14H17N3S. The van der Waals surface area contributed by atoms with Gasteiger partial charge in [-0.05, 0) is 12.5 Å². The number of benzene rings is 1. The normalized spacial score (nSPS) is 12.6. The molecule has 18 heavy (non-hydrogen) atoms. The Morgan fingerprint density at radius 2 is 2.17 bits per heavy atom. The van der Waals surface area contributed by atoms with Crippen LogP contribution in [0.4, 0.5) is 0 Å². The predicted molar refractivity (Wildman–Crippen MR) is 78.4 cm³/mol. The number of amidine groups is 1. The van der Waals surface area contributed by atoms with Crippen LogP contribution in [0.25, 0.3) is 10.9 Å². The van der Waals surface area contributed by atoms with Crippen LogP contribution in [0.15, 0.2) is 35.4 Å². The third-order valence-corrected chi connectivity index (χ3v) is 4.32. The van der Waals surface area contributed by atoms with Gasteiger partial charge in [0.1, 0.15) is 5.84 Å². The topological polar surface area (TPSA) is 62.8 Å². The van der Waals surface area contributed by atoms with Crippen molar-refractivity contribution in [3.05, 3.63) is 36.0 Å². The summed E-state index contributed by atoms with van der Waals surface area (Å²) in [6.07, 6.45) is 2.79. The Bertz CT molecular complexity index is 580. The average molecular weight is 259 g/mol. The largest absolute Gasteiger partial charge is 0.384 e. The first kappa shape index (κ1) is 12.9. The second-order valence-corrected chi connectivity index (χ2v) is 5.72. The van der Waals surface area contributed by atoms with Gasteiger partial charge in [0.2, 0.25) is 0 Å². The lowest BCUT2D eigenvalue weighted by molar-refractivity contribution is 0.906. The van der Waals surface area contributed by atoms with Crippen LogP contribution in [0.2, 0.25) is 0 Å². The molecule has 0 saturated carbocycles. The van der Waals surface area contributed by atoms with E-state index in [1.165, 1.54) is 0 Å². The van der Waals surface area contributed by atoms with E-state index < -0.39 is 0 Å². The molecule has 1 heterocycles. The highest BCUT2D eigenvalue weighted by molar-refractivity contribution is 8.00. The van der Waals surface area contributed by atoms with Crippen LogP contribution < -0.4 is 5.73 Å². The van der Waals surface area contributed by atoms with Crippen molar-refractivity contribution in [1.29, 1.82) is 5.41 Å². The van der Waals surface area contributed by atoms with E-state index >= 15 is 0 Å². The maximum Gasteiger partial charge on any atom is 0.125 e. The number of hydrogen-bond donors (Lipinski definition) is 2. The minimum absolute atomic E-state index is 0.0825. The molecule has 0 spiro atoms. The summed E-state index contributed by atoms with van der Waals surface area (Å²) >= 11 is 1.77. The number of nitrogens with two attached hydrogens (primary N) is 1. The van der Waals surface area contributed by atoms with Gasteiger partial charge in [-0.25, -0.2) is 0 Å². The van der Waals surface area contributed by atoms with E-state index in [1.54, 1.807) is 18.0 Å². The molecule has 1 aromatic carbocycles. The number of para-hydroxylation sites is 1. The van der Waals surface area contributed by atoms with E-state index in [1.807, 2.05) is 24.3 Å². The molecule has 0 aliphatic carbocycles. The molecule has 4 heteroatoms. The van der Waals surface area contributed by atoms with Crippen LogP contribution in [-0.4, -0.2) is 16.1 Å². The first-order valence-electron chi connectivity index (χ1n) is 6.02. The molecule has 0 radical (unpaired) electrons. The highest BCUT2D eigenvalue weighted by atomic mass is 32.2. The van der Waals surface area contributed by atoms with E-state index in [-0.39, 0.29) is 5.84 Å². The average Bonchev–Trinajstić information content (AvgIpc) is 2.38. The van der Waals surface area contributed by atoms with Crippen molar-refractivity contribution in [2.24, 2.45) is 5.73 Å². The van der Waals surface area contributed by atoms with Gasteiger partial charge in [0, 0.05) is 27.3 Å². The number of nitrogen functional groups attached to an aromatic ring is 1. The third-order valence-electron chi connectivity index (χ3n) is 2.91. The van der Waals surface area contributed by atoms with Crippen LogP contribution in [0.5, 0.6) is 0 Å². The van der Waals surface area contributed by atoms with Crippen LogP contribution in [-0.2, 0) is 0 Å². The van der Waals surface area contributed by atoms with E-state index in [9.17, 15) is 0 Å². The molecule has 3 N–H and O–H groups in total. The minimum Gasteiger partial charge on any atom is -0.384 e. The second-order valence-electron chi connectivity index (χ2n) is 4.27. The number of nitrogens with zero attached hydrogens (tertiary/aromatic N) is 1. The SMILES string of the molecule is CCC(C)Sc1c(C(=N)N)cnc2ccccc12. The van der Waals surface area contributed by atoms with E-state index in [0.29, 0.717) is 5.25 Å². The van der Waals surface area contributed by atoms with E-state index in [0.717, 1.165) is 27.8 Å². The molecule has 0 amide bonds. The summed E-state index contributed by atoms with van der Waals surface area (Å²) < 4.78 is 0.